The fraction of sp³-hybridized carbons (Fsp3) is 0.368. The predicted molar refractivity (Wildman–Crippen MR) is 89.6 cm³/mol. The molecule has 0 radical (unpaired) electrons. The smallest absolute Gasteiger partial charge is 0.160 e. The highest BCUT2D eigenvalue weighted by Crippen LogP contribution is 2.34. The molecule has 122 valence electrons. The molecule has 0 spiro atoms. The number of methoxy groups -OCH3 is 1. The summed E-state index contributed by atoms with van der Waals surface area (Å²) in [4.78, 5) is 0. The van der Waals surface area contributed by atoms with Crippen LogP contribution in [0.25, 0.3) is 0 Å². The molecule has 0 saturated heterocycles. The summed E-state index contributed by atoms with van der Waals surface area (Å²) >= 11 is 0. The molecule has 1 aliphatic rings. The van der Waals surface area contributed by atoms with E-state index in [9.17, 15) is 10.2 Å². The maximum atomic E-state index is 9.71. The average molecular weight is 313 g/mol. The number of aliphatic hydroxyl groups is 1. The molecular weight excluding hydrogens is 290 g/mol. The van der Waals surface area contributed by atoms with E-state index in [1.807, 2.05) is 12.1 Å². The van der Waals surface area contributed by atoms with Crippen LogP contribution in [0, 0.1) is 5.92 Å². The first-order valence-corrected chi connectivity index (χ1v) is 8.01. The topological polar surface area (TPSA) is 61.7 Å². The normalized spacial score (nSPS) is 20.1. The van der Waals surface area contributed by atoms with E-state index in [1.165, 1.54) is 11.1 Å². The highest BCUT2D eigenvalue weighted by Gasteiger charge is 2.28. The lowest BCUT2D eigenvalue weighted by Gasteiger charge is -2.33. The third-order valence-electron chi connectivity index (χ3n) is 4.65. The standard InChI is InChI=1S/C19H23NO3/c1-23-18-10-13(6-9-17(18)22)11-20-19-15(12-21)8-7-14-4-2-3-5-16(14)19/h2-6,9-10,15,19-22H,7-8,11-12H2,1H3/t15-,19+/m0/s1. The number of phenolic OH excluding ortho intramolecular Hbond substituents is 1. The number of ether oxygens (including phenoxy) is 1. The first-order valence-electron chi connectivity index (χ1n) is 8.01. The Morgan fingerprint density at radius 3 is 2.83 bits per heavy atom. The summed E-state index contributed by atoms with van der Waals surface area (Å²) in [5.41, 5.74) is 3.68. The summed E-state index contributed by atoms with van der Waals surface area (Å²) in [5, 5.41) is 23.0. The van der Waals surface area contributed by atoms with Gasteiger partial charge in [0, 0.05) is 25.1 Å². The number of aliphatic hydroxyl groups excluding tert-OH is 1. The number of rotatable bonds is 5. The number of benzene rings is 2. The van der Waals surface area contributed by atoms with Crippen LogP contribution in [-0.4, -0.2) is 23.9 Å². The van der Waals surface area contributed by atoms with E-state index >= 15 is 0 Å². The molecule has 1 aliphatic carbocycles. The van der Waals surface area contributed by atoms with Crippen molar-refractivity contribution in [2.45, 2.75) is 25.4 Å². The zero-order chi connectivity index (χ0) is 16.2. The van der Waals surface area contributed by atoms with Gasteiger partial charge in [-0.15, -0.1) is 0 Å². The van der Waals surface area contributed by atoms with Crippen LogP contribution in [0.15, 0.2) is 42.5 Å². The Labute approximate surface area is 136 Å². The van der Waals surface area contributed by atoms with E-state index in [0.29, 0.717) is 12.3 Å². The molecule has 3 rings (SSSR count). The highest BCUT2D eigenvalue weighted by atomic mass is 16.5. The SMILES string of the molecule is COc1cc(CN[C@H]2c3ccccc3CC[C@H]2CO)ccc1O. The molecule has 23 heavy (non-hydrogen) atoms. The van der Waals surface area contributed by atoms with Crippen molar-refractivity contribution in [3.05, 3.63) is 59.2 Å². The molecule has 4 nitrogen and oxygen atoms in total. The first kappa shape index (κ1) is 15.8. The maximum Gasteiger partial charge on any atom is 0.160 e. The van der Waals surface area contributed by atoms with Crippen LogP contribution in [0.3, 0.4) is 0 Å². The van der Waals surface area contributed by atoms with Gasteiger partial charge in [0.05, 0.1) is 7.11 Å². The monoisotopic (exact) mass is 313 g/mol. The highest BCUT2D eigenvalue weighted by molar-refractivity contribution is 5.42. The van der Waals surface area contributed by atoms with Gasteiger partial charge in [0.2, 0.25) is 0 Å². The molecule has 2 aromatic carbocycles. The van der Waals surface area contributed by atoms with Crippen molar-refractivity contribution in [1.82, 2.24) is 5.32 Å². The minimum Gasteiger partial charge on any atom is -0.504 e. The summed E-state index contributed by atoms with van der Waals surface area (Å²) in [7, 11) is 1.55. The van der Waals surface area contributed by atoms with Crippen LogP contribution in [0.1, 0.15) is 29.2 Å². The van der Waals surface area contributed by atoms with Crippen molar-refractivity contribution in [3.8, 4) is 11.5 Å². The molecule has 2 atom stereocenters. The van der Waals surface area contributed by atoms with Crippen molar-refractivity contribution in [2.24, 2.45) is 5.92 Å². The Bertz CT molecular complexity index is 671. The molecule has 0 fully saturated rings. The number of phenols is 1. The van der Waals surface area contributed by atoms with Crippen molar-refractivity contribution in [3.63, 3.8) is 0 Å². The maximum absolute atomic E-state index is 9.71. The predicted octanol–water partition coefficient (Wildman–Crippen LogP) is 2.79. The van der Waals surface area contributed by atoms with Gasteiger partial charge in [-0.2, -0.15) is 0 Å². The summed E-state index contributed by atoms with van der Waals surface area (Å²) in [6.45, 7) is 0.844. The van der Waals surface area contributed by atoms with E-state index in [4.69, 9.17) is 4.74 Å². The number of aromatic hydroxyl groups is 1. The number of nitrogens with one attached hydrogen (secondary N) is 1. The van der Waals surface area contributed by atoms with Gasteiger partial charge in [-0.3, -0.25) is 0 Å². The molecule has 4 heteroatoms. The second kappa shape index (κ2) is 7.02. The lowest BCUT2D eigenvalue weighted by Crippen LogP contribution is -2.34. The van der Waals surface area contributed by atoms with Gasteiger partial charge >= 0.3 is 0 Å². The minimum absolute atomic E-state index is 0.143. The van der Waals surface area contributed by atoms with Crippen molar-refractivity contribution >= 4 is 0 Å². The zero-order valence-electron chi connectivity index (χ0n) is 13.3. The molecule has 0 aromatic heterocycles. The van der Waals surface area contributed by atoms with Crippen LogP contribution in [0.5, 0.6) is 11.5 Å². The largest absolute Gasteiger partial charge is 0.504 e. The van der Waals surface area contributed by atoms with E-state index in [-0.39, 0.29) is 24.3 Å². The summed E-state index contributed by atoms with van der Waals surface area (Å²) in [6, 6.07) is 13.9. The molecule has 0 unspecified atom stereocenters. The lowest BCUT2D eigenvalue weighted by atomic mass is 9.80. The van der Waals surface area contributed by atoms with Gasteiger partial charge in [-0.05, 0) is 41.7 Å². The summed E-state index contributed by atoms with van der Waals surface area (Å²) in [6.07, 6.45) is 2.01. The average Bonchev–Trinajstić information content (AvgIpc) is 2.60. The molecule has 0 saturated carbocycles. The fourth-order valence-electron chi connectivity index (χ4n) is 3.36. The van der Waals surface area contributed by atoms with Crippen molar-refractivity contribution < 1.29 is 14.9 Å². The van der Waals surface area contributed by atoms with Crippen LogP contribution < -0.4 is 10.1 Å². The van der Waals surface area contributed by atoms with Crippen molar-refractivity contribution in [1.29, 1.82) is 0 Å². The number of hydrogen-bond donors (Lipinski definition) is 3. The van der Waals surface area contributed by atoms with Gasteiger partial charge < -0.3 is 20.3 Å². The second-order valence-corrected chi connectivity index (χ2v) is 6.04. The Hall–Kier alpha value is -2.04. The summed E-state index contributed by atoms with van der Waals surface area (Å²) < 4.78 is 5.16. The quantitative estimate of drug-likeness (QED) is 0.794. The minimum atomic E-state index is 0.143. The molecule has 0 aliphatic heterocycles. The molecule has 3 N–H and O–H groups in total. The van der Waals surface area contributed by atoms with Gasteiger partial charge in [-0.25, -0.2) is 0 Å². The summed E-state index contributed by atoms with van der Waals surface area (Å²) in [5.74, 6) is 0.850. The Morgan fingerprint density at radius 1 is 1.22 bits per heavy atom. The van der Waals surface area contributed by atoms with Crippen LogP contribution in [-0.2, 0) is 13.0 Å². The molecule has 2 aromatic rings. The van der Waals surface area contributed by atoms with E-state index in [2.05, 4.69) is 29.6 Å². The van der Waals surface area contributed by atoms with E-state index < -0.39 is 0 Å². The molecule has 0 heterocycles. The van der Waals surface area contributed by atoms with Crippen LogP contribution in [0.4, 0.5) is 0 Å². The second-order valence-electron chi connectivity index (χ2n) is 6.04. The Kier molecular flexibility index (Phi) is 4.84. The Balaban J connectivity index is 1.78. The van der Waals surface area contributed by atoms with Gasteiger partial charge in [0.1, 0.15) is 0 Å². The number of aryl methyl sites for hydroxylation is 1. The molecule has 0 bridgehead atoms. The number of hydrogen-bond acceptors (Lipinski definition) is 4. The van der Waals surface area contributed by atoms with Gasteiger partial charge in [0.25, 0.3) is 0 Å². The van der Waals surface area contributed by atoms with E-state index in [0.717, 1.165) is 18.4 Å². The van der Waals surface area contributed by atoms with Crippen molar-refractivity contribution in [2.75, 3.05) is 13.7 Å². The lowest BCUT2D eigenvalue weighted by molar-refractivity contribution is 0.173. The zero-order valence-corrected chi connectivity index (χ0v) is 13.3. The number of fused-ring (bicyclic) bond motifs is 1. The molecule has 0 amide bonds. The third-order valence-corrected chi connectivity index (χ3v) is 4.65. The van der Waals surface area contributed by atoms with Crippen LogP contribution in [0.2, 0.25) is 0 Å². The van der Waals surface area contributed by atoms with Crippen LogP contribution >= 0.6 is 0 Å². The van der Waals surface area contributed by atoms with Gasteiger partial charge in [0.15, 0.2) is 11.5 Å². The Morgan fingerprint density at radius 2 is 2.04 bits per heavy atom. The fourth-order valence-corrected chi connectivity index (χ4v) is 3.36. The third kappa shape index (κ3) is 3.33. The first-order chi connectivity index (χ1) is 11.2. The molecular formula is C19H23NO3. The van der Waals surface area contributed by atoms with E-state index in [1.54, 1.807) is 13.2 Å². The van der Waals surface area contributed by atoms with Gasteiger partial charge in [-0.1, -0.05) is 30.3 Å².